The number of ether oxygens (including phenoxy) is 1. The third kappa shape index (κ3) is 9.40. The number of hydrogen-bond donors (Lipinski definition) is 3. The number of likely N-dealkylation sites (N-methyl/N-ethyl adjacent to an activating group) is 1. The number of nitrogens with one attached hydrogen (secondary N) is 2. The second-order valence-corrected chi connectivity index (χ2v) is 16.0. The van der Waals surface area contributed by atoms with Crippen LogP contribution < -0.4 is 25.6 Å². The number of halogens is 3. The van der Waals surface area contributed by atoms with Gasteiger partial charge in [-0.1, -0.05) is 0 Å². The Balaban J connectivity index is 0.000000654. The molecule has 18 heteroatoms. The van der Waals surface area contributed by atoms with Gasteiger partial charge in [-0.05, 0) is 63.9 Å². The summed E-state index contributed by atoms with van der Waals surface area (Å²) in [5.41, 5.74) is 5.02. The molecule has 2 aliphatic heterocycles. The standard InChI is InChI=1S/C31H41N10O2P.C2HF3O2/c1-21-18-25(27(43-3)19-26(21)41-12-8-22(9-13-41)40-16-14-39(2)15-17-40)37-31-35-20-34-30(38-31)36-24-7-6-23-28(33-11-10-32-23)29(24)44(4,5)42;3-2(4,5)1(6)7/h6-7,10-11,18-20,22H,8-9,12-17H2,1-5H3,(H2,34,35,36,37,38);(H,6,7). The van der Waals surface area contributed by atoms with Crippen LogP contribution in [0.1, 0.15) is 18.4 Å². The zero-order chi connectivity index (χ0) is 36.9. The fourth-order valence-corrected chi connectivity index (χ4v) is 7.66. The first-order valence-electron chi connectivity index (χ1n) is 16.3. The Morgan fingerprint density at radius 1 is 0.941 bits per heavy atom. The number of methoxy groups -OCH3 is 1. The van der Waals surface area contributed by atoms with Crippen LogP contribution in [0.15, 0.2) is 43.0 Å². The van der Waals surface area contributed by atoms with E-state index in [1.165, 1.54) is 37.9 Å². The number of rotatable bonds is 8. The number of anilines is 5. The van der Waals surface area contributed by atoms with E-state index in [-0.39, 0.29) is 0 Å². The Morgan fingerprint density at radius 3 is 2.14 bits per heavy atom. The molecule has 0 saturated carbocycles. The van der Waals surface area contributed by atoms with Gasteiger partial charge in [0.15, 0.2) is 0 Å². The van der Waals surface area contributed by atoms with Gasteiger partial charge in [0.1, 0.15) is 24.7 Å². The third-order valence-corrected chi connectivity index (χ3v) is 10.4. The number of nitrogens with zero attached hydrogens (tertiary/aromatic N) is 8. The molecule has 0 bridgehead atoms. The second kappa shape index (κ2) is 15.7. The lowest BCUT2D eigenvalue weighted by atomic mass is 10.0. The fourth-order valence-electron chi connectivity index (χ4n) is 6.27. The van der Waals surface area contributed by atoms with Crippen LogP contribution in [0.25, 0.3) is 11.0 Å². The fraction of sp³-hybridized carbons (Fsp3) is 0.455. The van der Waals surface area contributed by atoms with Crippen LogP contribution in [0.4, 0.5) is 42.1 Å². The first kappa shape index (κ1) is 37.7. The maximum Gasteiger partial charge on any atom is 0.490 e. The molecule has 0 unspecified atom stereocenters. The van der Waals surface area contributed by atoms with Crippen LogP contribution in [-0.2, 0) is 9.36 Å². The summed E-state index contributed by atoms with van der Waals surface area (Å²) in [6, 6.07) is 8.53. The summed E-state index contributed by atoms with van der Waals surface area (Å²) in [4.78, 5) is 38.5. The first-order valence-corrected chi connectivity index (χ1v) is 18.9. The van der Waals surface area contributed by atoms with Gasteiger partial charge < -0.3 is 34.8 Å². The second-order valence-electron chi connectivity index (χ2n) is 12.8. The molecule has 6 rings (SSSR count). The van der Waals surface area contributed by atoms with Gasteiger partial charge >= 0.3 is 12.1 Å². The number of fused-ring (bicyclic) bond motifs is 1. The summed E-state index contributed by atoms with van der Waals surface area (Å²) >= 11 is 0. The van der Waals surface area contributed by atoms with Crippen molar-refractivity contribution in [3.8, 4) is 5.75 Å². The number of piperazine rings is 1. The number of carbonyl (C=O) groups is 1. The number of aliphatic carboxylic acids is 1. The molecule has 3 N–H and O–H groups in total. The molecule has 274 valence electrons. The van der Waals surface area contributed by atoms with Crippen LogP contribution in [-0.4, -0.2) is 125 Å². The number of hydrogen-bond acceptors (Lipinski definition) is 13. The molecule has 0 amide bonds. The first-order chi connectivity index (χ1) is 24.1. The van der Waals surface area contributed by atoms with Gasteiger partial charge in [0.2, 0.25) is 11.9 Å². The van der Waals surface area contributed by atoms with Gasteiger partial charge in [-0.2, -0.15) is 18.2 Å². The number of carboxylic acids is 1. The van der Waals surface area contributed by atoms with E-state index in [0.29, 0.717) is 40.0 Å². The number of carboxylic acid groups (broad SMARTS) is 1. The number of aromatic nitrogens is 5. The number of benzene rings is 2. The number of aryl methyl sites for hydroxylation is 1. The largest absolute Gasteiger partial charge is 0.494 e. The average molecular weight is 731 g/mol. The molecule has 2 aromatic carbocycles. The highest BCUT2D eigenvalue weighted by molar-refractivity contribution is 7.71. The predicted molar refractivity (Wildman–Crippen MR) is 191 cm³/mol. The molecule has 0 spiro atoms. The van der Waals surface area contributed by atoms with Crippen molar-refractivity contribution in [2.24, 2.45) is 0 Å². The third-order valence-electron chi connectivity index (χ3n) is 8.84. The van der Waals surface area contributed by atoms with Gasteiger partial charge in [-0.3, -0.25) is 14.9 Å². The molecule has 14 nitrogen and oxygen atoms in total. The minimum absolute atomic E-state index is 0.316. The van der Waals surface area contributed by atoms with Gasteiger partial charge in [0.25, 0.3) is 0 Å². The summed E-state index contributed by atoms with van der Waals surface area (Å²) in [5.74, 6) is -1.36. The SMILES string of the molecule is COc1cc(N2CCC(N3CCN(C)CC3)CC2)c(C)cc1Nc1ncnc(Nc2ccc3nccnc3c2P(C)(C)=O)n1.O=C(O)C(F)(F)F. The van der Waals surface area contributed by atoms with Crippen LogP contribution in [0.5, 0.6) is 5.75 Å². The summed E-state index contributed by atoms with van der Waals surface area (Å²) in [6.45, 7) is 12.3. The molecular formula is C33H42F3N10O4P. The van der Waals surface area contributed by atoms with Crippen molar-refractivity contribution < 1.29 is 32.4 Å². The monoisotopic (exact) mass is 730 g/mol. The van der Waals surface area contributed by atoms with Crippen LogP contribution >= 0.6 is 7.14 Å². The Hall–Kier alpha value is -4.60. The Bertz CT molecular complexity index is 1890. The zero-order valence-corrected chi connectivity index (χ0v) is 30.0. The molecule has 2 fully saturated rings. The molecular weight excluding hydrogens is 688 g/mol. The molecule has 4 heterocycles. The molecule has 2 aliphatic rings. The van der Waals surface area contributed by atoms with E-state index in [9.17, 15) is 17.7 Å². The smallest absolute Gasteiger partial charge is 0.490 e. The highest BCUT2D eigenvalue weighted by Gasteiger charge is 2.38. The van der Waals surface area contributed by atoms with Crippen LogP contribution in [0.2, 0.25) is 0 Å². The van der Waals surface area contributed by atoms with E-state index in [4.69, 9.17) is 14.6 Å². The summed E-state index contributed by atoms with van der Waals surface area (Å²) in [5, 5.41) is 14.3. The van der Waals surface area contributed by atoms with Gasteiger partial charge in [-0.25, -0.2) is 14.8 Å². The van der Waals surface area contributed by atoms with E-state index in [0.717, 1.165) is 43.2 Å². The van der Waals surface area contributed by atoms with Crippen molar-refractivity contribution in [2.75, 3.05) is 82.3 Å². The summed E-state index contributed by atoms with van der Waals surface area (Å²) in [6.07, 6.45) is 1.92. The summed E-state index contributed by atoms with van der Waals surface area (Å²) in [7, 11) is 1.16. The molecule has 2 saturated heterocycles. The van der Waals surface area contributed by atoms with Crippen LogP contribution in [0.3, 0.4) is 0 Å². The van der Waals surface area contributed by atoms with Crippen molar-refractivity contribution in [3.63, 3.8) is 0 Å². The number of piperidine rings is 1. The normalized spacial score (nSPS) is 16.4. The maximum atomic E-state index is 13.3. The Kier molecular flexibility index (Phi) is 11.6. The molecule has 0 radical (unpaired) electrons. The quantitative estimate of drug-likeness (QED) is 0.214. The lowest BCUT2D eigenvalue weighted by Crippen LogP contribution is -2.52. The van der Waals surface area contributed by atoms with Crippen LogP contribution in [0, 0.1) is 6.92 Å². The minimum Gasteiger partial charge on any atom is -0.494 e. The zero-order valence-electron chi connectivity index (χ0n) is 29.1. The van der Waals surface area contributed by atoms with Gasteiger partial charge in [0.05, 0.1) is 29.3 Å². The van der Waals surface area contributed by atoms with Crippen molar-refractivity contribution in [3.05, 3.63) is 48.5 Å². The molecule has 0 aliphatic carbocycles. The topological polar surface area (TPSA) is 162 Å². The lowest BCUT2D eigenvalue weighted by Gasteiger charge is -2.43. The molecule has 0 atom stereocenters. The number of alkyl halides is 3. The lowest BCUT2D eigenvalue weighted by molar-refractivity contribution is -0.192. The van der Waals surface area contributed by atoms with Crippen molar-refractivity contribution in [2.45, 2.75) is 32.0 Å². The van der Waals surface area contributed by atoms with E-state index in [1.807, 2.05) is 12.1 Å². The van der Waals surface area contributed by atoms with Gasteiger partial charge in [0, 0.05) is 69.5 Å². The molecule has 51 heavy (non-hydrogen) atoms. The average Bonchev–Trinajstić information content (AvgIpc) is 3.08. The Labute approximate surface area is 293 Å². The van der Waals surface area contributed by atoms with Crippen molar-refractivity contribution >= 4 is 58.4 Å². The summed E-state index contributed by atoms with van der Waals surface area (Å²) < 4.78 is 50.9. The minimum atomic E-state index is -5.08. The van der Waals surface area contributed by atoms with E-state index in [2.05, 4.69) is 76.4 Å². The van der Waals surface area contributed by atoms with Crippen molar-refractivity contribution in [1.29, 1.82) is 0 Å². The van der Waals surface area contributed by atoms with Crippen molar-refractivity contribution in [1.82, 2.24) is 34.7 Å². The van der Waals surface area contributed by atoms with Gasteiger partial charge in [-0.15, -0.1) is 0 Å². The maximum absolute atomic E-state index is 13.3. The highest BCUT2D eigenvalue weighted by Crippen LogP contribution is 2.41. The Morgan fingerprint density at radius 2 is 1.55 bits per heavy atom. The predicted octanol–water partition coefficient (Wildman–Crippen LogP) is 4.72. The highest BCUT2D eigenvalue weighted by atomic mass is 31.2. The molecule has 2 aromatic heterocycles. The molecule has 4 aromatic rings. The van der Waals surface area contributed by atoms with E-state index >= 15 is 0 Å². The van der Waals surface area contributed by atoms with E-state index < -0.39 is 19.3 Å². The van der Waals surface area contributed by atoms with E-state index in [1.54, 1.807) is 32.8 Å².